The molecular weight excluding hydrogens is 525 g/mol. The second-order valence-corrected chi connectivity index (χ2v) is 11.7. The monoisotopic (exact) mass is 555 g/mol. The largest absolute Gasteiger partial charge is 0.495 e. The molecule has 0 radical (unpaired) electrons. The Hall–Kier alpha value is -2.49. The quantitative estimate of drug-likeness (QED) is 0.472. The van der Waals surface area contributed by atoms with Crippen LogP contribution in [0.2, 0.25) is 10.0 Å². The summed E-state index contributed by atoms with van der Waals surface area (Å²) in [6, 6.07) is 10.7. The molecule has 11 heteroatoms. The lowest BCUT2D eigenvalue weighted by Crippen LogP contribution is -2.52. The first-order valence-corrected chi connectivity index (χ1v) is 14.3. The second-order valence-electron chi connectivity index (χ2n) is 8.90. The number of anilines is 1. The molecule has 0 bridgehead atoms. The van der Waals surface area contributed by atoms with Crippen LogP contribution < -0.4 is 14.4 Å². The third kappa shape index (κ3) is 7.27. The minimum Gasteiger partial charge on any atom is -0.495 e. The SMILES string of the molecule is COc1ccc(Cl)cc1N(CC(=O)N(Cc1cccc(Cl)c1)[C@H](C)C(=O)NC1CCCC1)S(C)(=O)=O. The fraction of sp³-hybridized carbons (Fsp3) is 0.440. The van der Waals surface area contributed by atoms with Crippen molar-refractivity contribution in [2.24, 2.45) is 0 Å². The van der Waals surface area contributed by atoms with Crippen LogP contribution in [0.5, 0.6) is 5.75 Å². The number of sulfonamides is 1. The number of nitrogens with zero attached hydrogens (tertiary/aromatic N) is 2. The number of rotatable bonds is 10. The Bertz CT molecular complexity index is 1200. The molecule has 2 aromatic rings. The van der Waals surface area contributed by atoms with Crippen molar-refractivity contribution in [3.05, 3.63) is 58.1 Å². The molecule has 1 aliphatic carbocycles. The van der Waals surface area contributed by atoms with Gasteiger partial charge in [0.15, 0.2) is 0 Å². The molecule has 1 atom stereocenters. The van der Waals surface area contributed by atoms with Gasteiger partial charge in [-0.3, -0.25) is 13.9 Å². The number of methoxy groups -OCH3 is 1. The van der Waals surface area contributed by atoms with Crippen LogP contribution in [0.4, 0.5) is 5.69 Å². The molecule has 0 aliphatic heterocycles. The summed E-state index contributed by atoms with van der Waals surface area (Å²) >= 11 is 12.3. The van der Waals surface area contributed by atoms with Gasteiger partial charge in [-0.05, 0) is 55.7 Å². The van der Waals surface area contributed by atoms with Crippen LogP contribution >= 0.6 is 23.2 Å². The van der Waals surface area contributed by atoms with Gasteiger partial charge in [-0.15, -0.1) is 0 Å². The second kappa shape index (κ2) is 12.2. The topological polar surface area (TPSA) is 96.0 Å². The molecule has 0 saturated heterocycles. The standard InChI is InChI=1S/C25H31Cl2N3O5S/c1-17(25(32)28-21-9-4-5-10-21)29(15-18-7-6-8-19(26)13-18)24(31)16-30(36(3,33)34)22-14-20(27)11-12-23(22)35-2/h6-8,11-14,17,21H,4-5,9-10,15-16H2,1-3H3,(H,28,32)/t17-/m1/s1. The van der Waals surface area contributed by atoms with Crippen LogP contribution in [0.1, 0.15) is 38.2 Å². The molecule has 0 aromatic heterocycles. The van der Waals surface area contributed by atoms with E-state index in [0.717, 1.165) is 36.2 Å². The minimum atomic E-state index is -3.91. The Morgan fingerprint density at radius 3 is 2.39 bits per heavy atom. The molecule has 36 heavy (non-hydrogen) atoms. The van der Waals surface area contributed by atoms with Gasteiger partial charge in [0.25, 0.3) is 0 Å². The number of nitrogens with one attached hydrogen (secondary N) is 1. The Morgan fingerprint density at radius 2 is 1.78 bits per heavy atom. The lowest BCUT2D eigenvalue weighted by atomic mass is 10.1. The number of halogens is 2. The molecule has 1 saturated carbocycles. The van der Waals surface area contributed by atoms with E-state index in [-0.39, 0.29) is 35.0 Å². The van der Waals surface area contributed by atoms with E-state index >= 15 is 0 Å². The van der Waals surface area contributed by atoms with Crippen molar-refractivity contribution in [2.45, 2.75) is 51.2 Å². The van der Waals surface area contributed by atoms with Gasteiger partial charge in [-0.2, -0.15) is 0 Å². The van der Waals surface area contributed by atoms with Gasteiger partial charge < -0.3 is 15.0 Å². The highest BCUT2D eigenvalue weighted by Crippen LogP contribution is 2.33. The highest BCUT2D eigenvalue weighted by molar-refractivity contribution is 7.92. The molecule has 8 nitrogen and oxygen atoms in total. The predicted octanol–water partition coefficient (Wildman–Crippen LogP) is 4.24. The van der Waals surface area contributed by atoms with Gasteiger partial charge in [0, 0.05) is 22.6 Å². The molecule has 2 aromatic carbocycles. The van der Waals surface area contributed by atoms with Crippen molar-refractivity contribution >= 4 is 50.7 Å². The summed E-state index contributed by atoms with van der Waals surface area (Å²) in [7, 11) is -2.52. The van der Waals surface area contributed by atoms with Crippen molar-refractivity contribution < 1.29 is 22.7 Å². The highest BCUT2D eigenvalue weighted by atomic mass is 35.5. The number of carbonyl (C=O) groups excluding carboxylic acids is 2. The number of hydrogen-bond acceptors (Lipinski definition) is 5. The summed E-state index contributed by atoms with van der Waals surface area (Å²) < 4.78 is 31.8. The van der Waals surface area contributed by atoms with Gasteiger partial charge in [0.2, 0.25) is 21.8 Å². The molecule has 196 valence electrons. The maximum absolute atomic E-state index is 13.7. The van der Waals surface area contributed by atoms with Gasteiger partial charge in [-0.1, -0.05) is 48.2 Å². The molecule has 1 N–H and O–H groups in total. The minimum absolute atomic E-state index is 0.0724. The molecule has 0 heterocycles. The molecule has 1 fully saturated rings. The zero-order chi connectivity index (χ0) is 26.5. The van der Waals surface area contributed by atoms with E-state index in [2.05, 4.69) is 5.32 Å². The summed E-state index contributed by atoms with van der Waals surface area (Å²) in [5.74, 6) is -0.605. The van der Waals surface area contributed by atoms with E-state index in [4.69, 9.17) is 27.9 Å². The summed E-state index contributed by atoms with van der Waals surface area (Å²) in [6.07, 6.45) is 4.90. The zero-order valence-corrected chi connectivity index (χ0v) is 22.9. The van der Waals surface area contributed by atoms with E-state index in [1.165, 1.54) is 24.1 Å². The Kier molecular flexibility index (Phi) is 9.49. The van der Waals surface area contributed by atoms with E-state index < -0.39 is 28.5 Å². The average Bonchev–Trinajstić information content (AvgIpc) is 3.32. The van der Waals surface area contributed by atoms with Crippen LogP contribution in [0.25, 0.3) is 0 Å². The van der Waals surface area contributed by atoms with E-state index in [1.54, 1.807) is 37.3 Å². The number of carbonyl (C=O) groups is 2. The third-order valence-electron chi connectivity index (χ3n) is 6.20. The summed E-state index contributed by atoms with van der Waals surface area (Å²) in [5, 5.41) is 3.80. The first-order chi connectivity index (χ1) is 17.0. The highest BCUT2D eigenvalue weighted by Gasteiger charge is 2.32. The van der Waals surface area contributed by atoms with Crippen LogP contribution in [-0.2, 0) is 26.2 Å². The van der Waals surface area contributed by atoms with Crippen molar-refractivity contribution in [2.75, 3.05) is 24.2 Å². The third-order valence-corrected chi connectivity index (χ3v) is 7.80. The Labute approximate surface area is 222 Å². The summed E-state index contributed by atoms with van der Waals surface area (Å²) in [6.45, 7) is 1.16. The Morgan fingerprint density at radius 1 is 1.11 bits per heavy atom. The molecule has 0 unspecified atom stereocenters. The van der Waals surface area contributed by atoms with Crippen LogP contribution in [0.15, 0.2) is 42.5 Å². The molecule has 3 rings (SSSR count). The van der Waals surface area contributed by atoms with E-state index in [0.29, 0.717) is 10.6 Å². The smallest absolute Gasteiger partial charge is 0.244 e. The summed E-state index contributed by atoms with van der Waals surface area (Å²) in [5.41, 5.74) is 0.842. The maximum atomic E-state index is 13.7. The van der Waals surface area contributed by atoms with Gasteiger partial charge in [0.1, 0.15) is 18.3 Å². The van der Waals surface area contributed by atoms with Gasteiger partial charge in [0.05, 0.1) is 19.1 Å². The zero-order valence-electron chi connectivity index (χ0n) is 20.5. The number of benzene rings is 2. The average molecular weight is 557 g/mol. The lowest BCUT2D eigenvalue weighted by Gasteiger charge is -2.32. The first-order valence-electron chi connectivity index (χ1n) is 11.6. The summed E-state index contributed by atoms with van der Waals surface area (Å²) in [4.78, 5) is 28.1. The fourth-order valence-corrected chi connectivity index (χ4v) is 5.48. The Balaban J connectivity index is 1.93. The van der Waals surface area contributed by atoms with E-state index in [1.807, 2.05) is 0 Å². The van der Waals surface area contributed by atoms with Gasteiger partial charge >= 0.3 is 0 Å². The molecule has 1 aliphatic rings. The van der Waals surface area contributed by atoms with Crippen molar-refractivity contribution in [3.8, 4) is 5.75 Å². The van der Waals surface area contributed by atoms with Crippen LogP contribution in [0.3, 0.4) is 0 Å². The molecular formula is C25H31Cl2N3O5S. The molecule has 0 spiro atoms. The van der Waals surface area contributed by atoms with Crippen LogP contribution in [0, 0.1) is 0 Å². The number of ether oxygens (including phenoxy) is 1. The predicted molar refractivity (Wildman–Crippen MR) is 142 cm³/mol. The first kappa shape index (κ1) is 28.1. The maximum Gasteiger partial charge on any atom is 0.244 e. The number of amides is 2. The van der Waals surface area contributed by atoms with Crippen molar-refractivity contribution in [1.29, 1.82) is 0 Å². The van der Waals surface area contributed by atoms with Crippen molar-refractivity contribution in [3.63, 3.8) is 0 Å². The molecule has 2 amide bonds. The fourth-order valence-electron chi connectivity index (χ4n) is 4.26. The van der Waals surface area contributed by atoms with Crippen LogP contribution in [-0.4, -0.2) is 57.1 Å². The number of hydrogen-bond donors (Lipinski definition) is 1. The van der Waals surface area contributed by atoms with Gasteiger partial charge in [-0.25, -0.2) is 8.42 Å². The van der Waals surface area contributed by atoms with Crippen molar-refractivity contribution in [1.82, 2.24) is 10.2 Å². The lowest BCUT2D eigenvalue weighted by molar-refractivity contribution is -0.139. The normalized spacial score (nSPS) is 14.8. The van der Waals surface area contributed by atoms with E-state index in [9.17, 15) is 18.0 Å².